The number of thioether (sulfide) groups is 1. The quantitative estimate of drug-likeness (QED) is 0.437. The van der Waals surface area contributed by atoms with Gasteiger partial charge in [0.2, 0.25) is 0 Å². The van der Waals surface area contributed by atoms with Crippen LogP contribution in [0.2, 0.25) is 0 Å². The van der Waals surface area contributed by atoms with Crippen molar-refractivity contribution in [2.24, 2.45) is 0 Å². The van der Waals surface area contributed by atoms with E-state index in [9.17, 15) is 0 Å². The van der Waals surface area contributed by atoms with Gasteiger partial charge < -0.3 is 4.98 Å². The maximum Gasteiger partial charge on any atom is 0.166 e. The molecular formula is C16H13N3S. The summed E-state index contributed by atoms with van der Waals surface area (Å²) in [6.45, 7) is 2.13. The van der Waals surface area contributed by atoms with Crippen LogP contribution < -0.4 is 0 Å². The Morgan fingerprint density at radius 1 is 0.950 bits per heavy atom. The van der Waals surface area contributed by atoms with Crippen LogP contribution in [0.5, 0.6) is 0 Å². The topological polar surface area (TPSA) is 41.6 Å². The van der Waals surface area contributed by atoms with E-state index in [4.69, 9.17) is 4.98 Å². The minimum absolute atomic E-state index is 0.974. The van der Waals surface area contributed by atoms with Gasteiger partial charge >= 0.3 is 0 Å². The van der Waals surface area contributed by atoms with Crippen molar-refractivity contribution in [3.05, 3.63) is 42.5 Å². The van der Waals surface area contributed by atoms with Crippen molar-refractivity contribution in [1.82, 2.24) is 15.0 Å². The molecule has 2 aromatic carbocycles. The molecule has 0 saturated carbocycles. The standard InChI is InChI=1S/C16H13N3S/c1-2-20-16-18-14-8-11-7-10-5-3-4-6-12(10)17-13(11)9-15(14)19-16/h3-9H,2H2,1H3,(H,18,19). The van der Waals surface area contributed by atoms with Gasteiger partial charge in [-0.3, -0.25) is 0 Å². The van der Waals surface area contributed by atoms with Gasteiger partial charge in [0.15, 0.2) is 5.16 Å². The third kappa shape index (κ3) is 1.84. The highest BCUT2D eigenvalue weighted by Gasteiger charge is 2.06. The maximum atomic E-state index is 4.72. The van der Waals surface area contributed by atoms with Crippen molar-refractivity contribution in [1.29, 1.82) is 0 Å². The summed E-state index contributed by atoms with van der Waals surface area (Å²) in [5, 5.41) is 3.29. The summed E-state index contributed by atoms with van der Waals surface area (Å²) in [7, 11) is 0. The van der Waals surface area contributed by atoms with Crippen LogP contribution in [0, 0.1) is 0 Å². The molecule has 0 atom stereocenters. The number of pyridine rings is 1. The van der Waals surface area contributed by atoms with E-state index in [0.717, 1.165) is 38.4 Å². The lowest BCUT2D eigenvalue weighted by atomic mass is 10.1. The van der Waals surface area contributed by atoms with Crippen LogP contribution >= 0.6 is 11.8 Å². The first kappa shape index (κ1) is 11.7. The number of nitrogens with zero attached hydrogens (tertiary/aromatic N) is 2. The summed E-state index contributed by atoms with van der Waals surface area (Å²) in [6, 6.07) is 14.6. The van der Waals surface area contributed by atoms with Crippen LogP contribution in [0.1, 0.15) is 6.92 Å². The molecule has 0 amide bonds. The number of rotatable bonds is 2. The van der Waals surface area contributed by atoms with Gasteiger partial charge in [-0.05, 0) is 30.0 Å². The lowest BCUT2D eigenvalue weighted by Gasteiger charge is -2.01. The molecule has 0 fully saturated rings. The summed E-state index contributed by atoms with van der Waals surface area (Å²) >= 11 is 1.72. The second-order valence-corrected chi connectivity index (χ2v) is 5.97. The Hall–Kier alpha value is -2.07. The number of para-hydroxylation sites is 1. The summed E-state index contributed by atoms with van der Waals surface area (Å²) in [5.74, 6) is 1.02. The van der Waals surface area contributed by atoms with Crippen LogP contribution in [0.15, 0.2) is 47.6 Å². The maximum absolute atomic E-state index is 4.72. The molecule has 2 aromatic heterocycles. The van der Waals surface area contributed by atoms with Crippen LogP contribution in [-0.2, 0) is 0 Å². The summed E-state index contributed by atoms with van der Waals surface area (Å²) in [5.41, 5.74) is 4.08. The van der Waals surface area contributed by atoms with E-state index < -0.39 is 0 Å². The number of H-pyrrole nitrogens is 1. The van der Waals surface area contributed by atoms with E-state index in [1.807, 2.05) is 18.2 Å². The second-order valence-electron chi connectivity index (χ2n) is 4.72. The Morgan fingerprint density at radius 2 is 1.85 bits per heavy atom. The monoisotopic (exact) mass is 279 g/mol. The van der Waals surface area contributed by atoms with E-state index in [1.54, 1.807) is 11.8 Å². The number of aromatic amines is 1. The molecule has 0 aliphatic rings. The number of fused-ring (bicyclic) bond motifs is 3. The molecule has 0 aliphatic heterocycles. The number of nitrogens with one attached hydrogen (secondary N) is 1. The van der Waals surface area contributed by atoms with E-state index in [1.165, 1.54) is 5.39 Å². The fourth-order valence-electron chi connectivity index (χ4n) is 2.47. The molecule has 1 N–H and O–H groups in total. The van der Waals surface area contributed by atoms with E-state index >= 15 is 0 Å². The Balaban J connectivity index is 2.02. The molecule has 3 nitrogen and oxygen atoms in total. The normalized spacial score (nSPS) is 11.7. The average Bonchev–Trinajstić information content (AvgIpc) is 2.84. The van der Waals surface area contributed by atoms with E-state index in [-0.39, 0.29) is 0 Å². The van der Waals surface area contributed by atoms with Gasteiger partial charge in [0, 0.05) is 10.8 Å². The smallest absolute Gasteiger partial charge is 0.166 e. The van der Waals surface area contributed by atoms with Crippen LogP contribution in [-0.4, -0.2) is 20.7 Å². The summed E-state index contributed by atoms with van der Waals surface area (Å²) in [4.78, 5) is 12.7. The predicted octanol–water partition coefficient (Wildman–Crippen LogP) is 4.38. The Labute approximate surface area is 120 Å². The SMILES string of the molecule is CCSc1nc2cc3nc4ccccc4cc3cc2[nH]1. The van der Waals surface area contributed by atoms with Gasteiger partial charge in [-0.2, -0.15) is 0 Å². The number of aromatic nitrogens is 3. The van der Waals surface area contributed by atoms with Crippen molar-refractivity contribution in [2.75, 3.05) is 5.75 Å². The van der Waals surface area contributed by atoms with Crippen molar-refractivity contribution < 1.29 is 0 Å². The molecule has 20 heavy (non-hydrogen) atoms. The molecule has 0 saturated heterocycles. The highest BCUT2D eigenvalue weighted by Crippen LogP contribution is 2.26. The lowest BCUT2D eigenvalue weighted by Crippen LogP contribution is -1.82. The third-order valence-corrected chi connectivity index (χ3v) is 4.13. The number of hydrogen-bond acceptors (Lipinski definition) is 3. The third-order valence-electron chi connectivity index (χ3n) is 3.38. The molecule has 0 bridgehead atoms. The molecule has 0 radical (unpaired) electrons. The summed E-state index contributed by atoms with van der Waals surface area (Å²) < 4.78 is 0. The van der Waals surface area contributed by atoms with Crippen LogP contribution in [0.4, 0.5) is 0 Å². The zero-order valence-corrected chi connectivity index (χ0v) is 11.9. The first-order chi connectivity index (χ1) is 9.83. The fourth-order valence-corrected chi connectivity index (χ4v) is 3.08. The molecule has 4 rings (SSSR count). The largest absolute Gasteiger partial charge is 0.333 e. The van der Waals surface area contributed by atoms with Crippen LogP contribution in [0.25, 0.3) is 32.8 Å². The van der Waals surface area contributed by atoms with Gasteiger partial charge in [0.1, 0.15) is 0 Å². The van der Waals surface area contributed by atoms with Crippen molar-refractivity contribution >= 4 is 44.6 Å². The number of hydrogen-bond donors (Lipinski definition) is 1. The predicted molar refractivity (Wildman–Crippen MR) is 85.3 cm³/mol. The minimum Gasteiger partial charge on any atom is -0.333 e. The molecule has 2 heterocycles. The Kier molecular flexibility index (Phi) is 2.63. The zero-order chi connectivity index (χ0) is 13.5. The Morgan fingerprint density at radius 3 is 2.75 bits per heavy atom. The van der Waals surface area contributed by atoms with Crippen LogP contribution in [0.3, 0.4) is 0 Å². The molecular weight excluding hydrogens is 266 g/mol. The van der Waals surface area contributed by atoms with Crippen molar-refractivity contribution in [3.63, 3.8) is 0 Å². The highest BCUT2D eigenvalue weighted by molar-refractivity contribution is 7.99. The highest BCUT2D eigenvalue weighted by atomic mass is 32.2. The zero-order valence-electron chi connectivity index (χ0n) is 11.1. The molecule has 0 spiro atoms. The first-order valence-electron chi connectivity index (χ1n) is 6.65. The molecule has 98 valence electrons. The number of benzene rings is 2. The molecule has 0 unspecified atom stereocenters. The van der Waals surface area contributed by atoms with Gasteiger partial charge in [-0.1, -0.05) is 36.9 Å². The van der Waals surface area contributed by atoms with E-state index in [0.29, 0.717) is 0 Å². The first-order valence-corrected chi connectivity index (χ1v) is 7.64. The fraction of sp³-hybridized carbons (Fsp3) is 0.125. The van der Waals surface area contributed by atoms with Crippen molar-refractivity contribution in [3.8, 4) is 0 Å². The lowest BCUT2D eigenvalue weighted by molar-refractivity contribution is 1.08. The van der Waals surface area contributed by atoms with Gasteiger partial charge in [0.05, 0.1) is 22.1 Å². The van der Waals surface area contributed by atoms with E-state index in [2.05, 4.69) is 41.2 Å². The average molecular weight is 279 g/mol. The minimum atomic E-state index is 0.974. The Bertz CT molecular complexity index is 855. The molecule has 0 aliphatic carbocycles. The molecule has 4 aromatic rings. The molecule has 4 heteroatoms. The van der Waals surface area contributed by atoms with Gasteiger partial charge in [0.25, 0.3) is 0 Å². The second kappa shape index (κ2) is 4.49. The summed E-state index contributed by atoms with van der Waals surface area (Å²) in [6.07, 6.45) is 0. The van der Waals surface area contributed by atoms with Gasteiger partial charge in [-0.15, -0.1) is 0 Å². The van der Waals surface area contributed by atoms with Crippen molar-refractivity contribution in [2.45, 2.75) is 12.1 Å². The number of imidazole rings is 1. The van der Waals surface area contributed by atoms with Gasteiger partial charge in [-0.25, -0.2) is 9.97 Å².